The van der Waals surface area contributed by atoms with Crippen molar-refractivity contribution in [1.82, 2.24) is 4.57 Å². The van der Waals surface area contributed by atoms with Gasteiger partial charge in [0.2, 0.25) is 0 Å². The van der Waals surface area contributed by atoms with Gasteiger partial charge in [-0.15, -0.1) is 0 Å². The van der Waals surface area contributed by atoms with E-state index in [4.69, 9.17) is 0 Å². The molecule has 7 heteroatoms. The molecule has 246 valence electrons. The topological polar surface area (TPSA) is 17.9 Å². The van der Waals surface area contributed by atoms with Crippen molar-refractivity contribution in [2.24, 2.45) is 0 Å². The summed E-state index contributed by atoms with van der Waals surface area (Å²) in [4.78, 5) is 8.27. The maximum atomic E-state index is 17.8. The van der Waals surface area contributed by atoms with Gasteiger partial charge in [-0.2, -0.15) is 0 Å². The summed E-state index contributed by atoms with van der Waals surface area (Å²) in [7, 11) is 0. The molecule has 8 aromatic rings. The Labute approximate surface area is 294 Å². The van der Waals surface area contributed by atoms with E-state index in [2.05, 4.69) is 34.1 Å². The van der Waals surface area contributed by atoms with Crippen LogP contribution < -0.4 is 19.6 Å². The lowest BCUT2D eigenvalue weighted by Gasteiger charge is -2.28. The van der Waals surface area contributed by atoms with E-state index in [1.54, 1.807) is 10.6 Å². The molecule has 0 amide bonds. The number of anilines is 8. The number of halogens is 2. The fourth-order valence-electron chi connectivity index (χ4n) is 7.85. The van der Waals surface area contributed by atoms with E-state index in [0.29, 0.717) is 24.7 Å². The molecule has 0 saturated carbocycles. The molecule has 0 atom stereocenters. The summed E-state index contributed by atoms with van der Waals surface area (Å²) in [5, 5.41) is 1.87. The van der Waals surface area contributed by atoms with Crippen molar-refractivity contribution in [2.45, 2.75) is 0 Å². The Morgan fingerprint density at radius 2 is 0.706 bits per heavy atom. The molecule has 0 aliphatic carbocycles. The zero-order valence-corrected chi connectivity index (χ0v) is 27.5. The summed E-state index contributed by atoms with van der Waals surface area (Å²) in [6.07, 6.45) is 0. The number of para-hydroxylation sites is 8. The van der Waals surface area contributed by atoms with Crippen LogP contribution in [0.25, 0.3) is 27.5 Å². The molecule has 1 aromatic heterocycles. The van der Waals surface area contributed by atoms with Gasteiger partial charge < -0.3 is 24.2 Å². The smallest absolute Gasteiger partial charge is 0.174 e. The third-order valence-electron chi connectivity index (χ3n) is 10.2. The molecular weight excluding hydrogens is 637 g/mol. The first-order valence-corrected chi connectivity index (χ1v) is 17.1. The summed E-state index contributed by atoms with van der Waals surface area (Å²) in [5.41, 5.74) is 7.54. The summed E-state index contributed by atoms with van der Waals surface area (Å²) >= 11 is 0. The maximum Gasteiger partial charge on any atom is 0.174 e. The summed E-state index contributed by atoms with van der Waals surface area (Å²) < 4.78 is 37.3. The summed E-state index contributed by atoms with van der Waals surface area (Å²) in [5.74, 6) is -1.25. The van der Waals surface area contributed by atoms with Gasteiger partial charge in [-0.3, -0.25) is 0 Å². The first-order valence-electron chi connectivity index (χ1n) is 17.1. The van der Waals surface area contributed by atoms with Crippen LogP contribution in [0, 0.1) is 11.6 Å². The van der Waals surface area contributed by atoms with Crippen LogP contribution in [0.1, 0.15) is 0 Å². The molecule has 0 fully saturated rings. The number of hydrogen-bond donors (Lipinski definition) is 0. The second kappa shape index (κ2) is 11.5. The third kappa shape index (κ3) is 4.44. The molecule has 0 bridgehead atoms. The van der Waals surface area contributed by atoms with Crippen molar-refractivity contribution in [3.8, 4) is 5.69 Å². The first-order chi connectivity index (χ1) is 25.2. The zero-order chi connectivity index (χ0) is 34.1. The Kier molecular flexibility index (Phi) is 6.61. The average molecular weight is 668 g/mol. The highest BCUT2D eigenvalue weighted by molar-refractivity contribution is 6.09. The number of fused-ring (bicyclic) bond motifs is 5. The van der Waals surface area contributed by atoms with Crippen LogP contribution in [-0.4, -0.2) is 17.9 Å². The van der Waals surface area contributed by atoms with Crippen LogP contribution in [0.4, 0.5) is 54.3 Å². The maximum absolute atomic E-state index is 17.8. The van der Waals surface area contributed by atoms with Gasteiger partial charge in [0.25, 0.3) is 0 Å². The highest BCUT2D eigenvalue weighted by Gasteiger charge is 2.36. The first kappa shape index (κ1) is 29.3. The van der Waals surface area contributed by atoms with Crippen LogP contribution >= 0.6 is 0 Å². The Morgan fingerprint density at radius 3 is 1.14 bits per heavy atom. The number of aromatic nitrogens is 1. The summed E-state index contributed by atoms with van der Waals surface area (Å²) in [6.45, 7) is 0.704. The lowest BCUT2D eigenvalue weighted by molar-refractivity contribution is 0.572. The van der Waals surface area contributed by atoms with Crippen molar-refractivity contribution < 1.29 is 8.78 Å². The zero-order valence-electron chi connectivity index (χ0n) is 27.5. The van der Waals surface area contributed by atoms with Gasteiger partial charge in [0.15, 0.2) is 11.6 Å². The van der Waals surface area contributed by atoms with Gasteiger partial charge in [0, 0.05) is 22.1 Å². The fraction of sp³-hybridized carbons (Fsp3) is 0.0455. The van der Waals surface area contributed by atoms with Gasteiger partial charge in [0.05, 0.1) is 45.2 Å². The minimum atomic E-state index is -0.625. The number of hydrogen-bond acceptors (Lipinski definition) is 4. The largest absolute Gasteiger partial charge is 0.321 e. The second-order valence-electron chi connectivity index (χ2n) is 12.9. The number of benzene rings is 7. The van der Waals surface area contributed by atoms with Crippen molar-refractivity contribution in [1.29, 1.82) is 0 Å². The quantitative estimate of drug-likeness (QED) is 0.182. The lowest BCUT2D eigenvalue weighted by atomic mass is 10.1. The molecule has 0 saturated heterocycles. The minimum Gasteiger partial charge on any atom is -0.321 e. The molecule has 5 nitrogen and oxygen atoms in total. The van der Waals surface area contributed by atoms with Crippen LogP contribution in [0.5, 0.6) is 0 Å². The Morgan fingerprint density at radius 1 is 0.353 bits per heavy atom. The standard InChI is InChI=1S/C44H31F2N5/c45-42-40(49-28-47(30-15-3-1-4-16-30)36-23-11-13-25-38(36)49)27-41(50-29-48(31-17-5-2-6-18-31)37-24-12-14-26-39(37)50)43(46)44(42)51-34-21-9-7-19-32(34)33-20-8-10-22-35(33)51/h1-27H,28-29H2. The van der Waals surface area contributed by atoms with Gasteiger partial charge in [-0.1, -0.05) is 97.1 Å². The van der Waals surface area contributed by atoms with Crippen LogP contribution in [-0.2, 0) is 0 Å². The molecule has 10 rings (SSSR count). The van der Waals surface area contributed by atoms with Gasteiger partial charge in [-0.05, 0) is 66.7 Å². The number of rotatable bonds is 5. The predicted molar refractivity (Wildman–Crippen MR) is 205 cm³/mol. The molecule has 2 aliphatic rings. The van der Waals surface area contributed by atoms with E-state index in [9.17, 15) is 0 Å². The third-order valence-corrected chi connectivity index (χ3v) is 10.2. The van der Waals surface area contributed by atoms with Crippen molar-refractivity contribution in [3.63, 3.8) is 0 Å². The van der Waals surface area contributed by atoms with Gasteiger partial charge in [-0.25, -0.2) is 8.78 Å². The Balaban J connectivity index is 1.24. The molecule has 3 heterocycles. The fourth-order valence-corrected chi connectivity index (χ4v) is 7.85. The van der Waals surface area contributed by atoms with E-state index in [1.165, 1.54) is 0 Å². The molecular formula is C44H31F2N5. The predicted octanol–water partition coefficient (Wildman–Crippen LogP) is 11.6. The minimum absolute atomic E-state index is 0.105. The molecule has 51 heavy (non-hydrogen) atoms. The average Bonchev–Trinajstić information content (AvgIpc) is 3.87. The van der Waals surface area contributed by atoms with E-state index in [-0.39, 0.29) is 5.69 Å². The Bertz CT molecular complexity index is 2430. The van der Waals surface area contributed by atoms with Crippen LogP contribution in [0.15, 0.2) is 164 Å². The van der Waals surface area contributed by atoms with Crippen LogP contribution in [0.2, 0.25) is 0 Å². The highest BCUT2D eigenvalue weighted by atomic mass is 19.1. The number of nitrogens with zero attached hydrogens (tertiary/aromatic N) is 5. The van der Waals surface area contributed by atoms with Crippen molar-refractivity contribution in [3.05, 3.63) is 175 Å². The molecule has 2 aliphatic heterocycles. The second-order valence-corrected chi connectivity index (χ2v) is 12.9. The van der Waals surface area contributed by atoms with Gasteiger partial charge in [0.1, 0.15) is 19.0 Å². The molecule has 7 aromatic carbocycles. The highest BCUT2D eigenvalue weighted by Crippen LogP contribution is 2.51. The molecule has 0 spiro atoms. The van der Waals surface area contributed by atoms with E-state index < -0.39 is 11.6 Å². The van der Waals surface area contributed by atoms with E-state index in [1.807, 2.05) is 143 Å². The van der Waals surface area contributed by atoms with E-state index in [0.717, 1.165) is 55.9 Å². The molecule has 0 radical (unpaired) electrons. The normalized spacial score (nSPS) is 13.8. The van der Waals surface area contributed by atoms with Crippen molar-refractivity contribution >= 4 is 67.3 Å². The summed E-state index contributed by atoms with van der Waals surface area (Å²) in [6, 6.07) is 53.5. The Hall–Kier alpha value is -6.60. The SMILES string of the molecule is Fc1c(N2CN(c3ccccc3)c3ccccc32)cc(N2CN(c3ccccc3)c3ccccc32)c(F)c1-n1c2ccccc2c2ccccc21. The van der Waals surface area contributed by atoms with Gasteiger partial charge >= 0.3 is 0 Å². The molecule has 0 N–H and O–H groups in total. The van der Waals surface area contributed by atoms with E-state index >= 15 is 8.78 Å². The lowest BCUT2D eigenvalue weighted by Crippen LogP contribution is -2.27. The van der Waals surface area contributed by atoms with Crippen LogP contribution in [0.3, 0.4) is 0 Å². The monoisotopic (exact) mass is 667 g/mol. The van der Waals surface area contributed by atoms with Crippen molar-refractivity contribution in [2.75, 3.05) is 32.9 Å². The molecule has 0 unspecified atom stereocenters.